The fraction of sp³-hybridized carbons (Fsp3) is 0.600. The predicted octanol–water partition coefficient (Wildman–Crippen LogP) is 4.04. The van der Waals surface area contributed by atoms with E-state index in [1.165, 1.54) is 6.07 Å². The lowest BCUT2D eigenvalue weighted by molar-refractivity contribution is 0.231. The average Bonchev–Trinajstić information content (AvgIpc) is 2.30. The van der Waals surface area contributed by atoms with Crippen LogP contribution in [0.2, 0.25) is 0 Å². The van der Waals surface area contributed by atoms with Crippen LogP contribution in [0.25, 0.3) is 0 Å². The van der Waals surface area contributed by atoms with Gasteiger partial charge in [0, 0.05) is 18.2 Å². The van der Waals surface area contributed by atoms with Crippen LogP contribution < -0.4 is 15.8 Å². The van der Waals surface area contributed by atoms with E-state index >= 15 is 0 Å². The highest BCUT2D eigenvalue weighted by atomic mass is 19.1. The number of halogens is 1. The lowest BCUT2D eigenvalue weighted by Gasteiger charge is -2.23. The van der Waals surface area contributed by atoms with Crippen molar-refractivity contribution in [3.05, 3.63) is 17.9 Å². The van der Waals surface area contributed by atoms with Gasteiger partial charge in [-0.1, -0.05) is 20.8 Å². The van der Waals surface area contributed by atoms with E-state index in [0.717, 1.165) is 12.1 Å². The molecule has 1 rings (SSSR count). The van der Waals surface area contributed by atoms with Crippen LogP contribution >= 0.6 is 0 Å². The Balaban J connectivity index is 3.00. The van der Waals surface area contributed by atoms with Gasteiger partial charge < -0.3 is 15.8 Å². The van der Waals surface area contributed by atoms with Gasteiger partial charge >= 0.3 is 0 Å². The summed E-state index contributed by atoms with van der Waals surface area (Å²) in [6.07, 6.45) is 0.910. The van der Waals surface area contributed by atoms with Gasteiger partial charge in [0.25, 0.3) is 0 Å². The summed E-state index contributed by atoms with van der Waals surface area (Å²) < 4.78 is 19.2. The van der Waals surface area contributed by atoms with E-state index in [-0.39, 0.29) is 11.9 Å². The molecule has 0 radical (unpaired) electrons. The highest BCUT2D eigenvalue weighted by Crippen LogP contribution is 2.30. The fourth-order valence-corrected chi connectivity index (χ4v) is 1.98. The molecular formula is C15H25FN2O. The zero-order valence-corrected chi connectivity index (χ0v) is 12.5. The first-order valence-corrected chi connectivity index (χ1v) is 6.87. The molecule has 0 fully saturated rings. The zero-order chi connectivity index (χ0) is 14.6. The van der Waals surface area contributed by atoms with Crippen molar-refractivity contribution in [3.8, 4) is 5.75 Å². The smallest absolute Gasteiger partial charge is 0.167 e. The first-order chi connectivity index (χ1) is 8.85. The van der Waals surface area contributed by atoms with Crippen LogP contribution in [0, 0.1) is 11.7 Å². The molecule has 1 aromatic carbocycles. The third kappa shape index (κ3) is 4.30. The maximum absolute atomic E-state index is 13.7. The normalized spacial score (nSPS) is 12.8. The van der Waals surface area contributed by atoms with Gasteiger partial charge in [0.2, 0.25) is 0 Å². The Bertz CT molecular complexity index is 419. The minimum absolute atomic E-state index is 0.0713. The van der Waals surface area contributed by atoms with Crippen LogP contribution in [0.1, 0.15) is 41.0 Å². The molecule has 3 N–H and O–H groups in total. The van der Waals surface area contributed by atoms with Crippen molar-refractivity contribution in [2.24, 2.45) is 5.92 Å². The summed E-state index contributed by atoms with van der Waals surface area (Å²) in [5.41, 5.74) is 7.01. The van der Waals surface area contributed by atoms with E-state index in [1.54, 1.807) is 6.07 Å². The van der Waals surface area contributed by atoms with E-state index in [0.29, 0.717) is 17.6 Å². The molecule has 0 aliphatic rings. The number of ether oxygens (including phenoxy) is 1. The van der Waals surface area contributed by atoms with E-state index in [9.17, 15) is 4.39 Å². The largest absolute Gasteiger partial charge is 0.488 e. The number of rotatable bonds is 6. The van der Waals surface area contributed by atoms with E-state index in [1.807, 2.05) is 13.8 Å². The number of benzene rings is 1. The van der Waals surface area contributed by atoms with Crippen molar-refractivity contribution in [2.75, 3.05) is 11.1 Å². The second-order valence-corrected chi connectivity index (χ2v) is 5.44. The first-order valence-electron chi connectivity index (χ1n) is 6.87. The number of nitrogens with two attached hydrogens (primary N) is 1. The first kappa shape index (κ1) is 15.6. The Morgan fingerprint density at radius 2 is 1.89 bits per heavy atom. The molecule has 0 saturated heterocycles. The molecule has 1 atom stereocenters. The molecule has 0 aromatic heterocycles. The zero-order valence-electron chi connectivity index (χ0n) is 12.5. The minimum Gasteiger partial charge on any atom is -0.488 e. The summed E-state index contributed by atoms with van der Waals surface area (Å²) in [6.45, 7) is 10.1. The van der Waals surface area contributed by atoms with Gasteiger partial charge in [-0.05, 0) is 26.2 Å². The molecule has 0 heterocycles. The monoisotopic (exact) mass is 268 g/mol. The Labute approximate surface area is 115 Å². The van der Waals surface area contributed by atoms with Gasteiger partial charge in [0.15, 0.2) is 11.6 Å². The second kappa shape index (κ2) is 6.64. The molecule has 0 amide bonds. The molecule has 1 unspecified atom stereocenters. The molecule has 108 valence electrons. The molecule has 0 aliphatic carbocycles. The molecule has 0 aliphatic heterocycles. The summed E-state index contributed by atoms with van der Waals surface area (Å²) in [6, 6.07) is 3.27. The van der Waals surface area contributed by atoms with Crippen LogP contribution in [-0.4, -0.2) is 12.1 Å². The number of hydrogen-bond acceptors (Lipinski definition) is 3. The number of anilines is 2. The molecule has 19 heavy (non-hydrogen) atoms. The Kier molecular flexibility index (Phi) is 5.45. The van der Waals surface area contributed by atoms with Crippen LogP contribution in [0.5, 0.6) is 5.75 Å². The summed E-state index contributed by atoms with van der Waals surface area (Å²) in [5.74, 6) is 0.295. The van der Waals surface area contributed by atoms with Gasteiger partial charge in [-0.3, -0.25) is 0 Å². The Morgan fingerprint density at radius 3 is 2.37 bits per heavy atom. The summed E-state index contributed by atoms with van der Waals surface area (Å²) in [4.78, 5) is 0. The summed E-state index contributed by atoms with van der Waals surface area (Å²) >= 11 is 0. The van der Waals surface area contributed by atoms with Gasteiger partial charge in [-0.25, -0.2) is 4.39 Å². The van der Waals surface area contributed by atoms with Crippen LogP contribution in [-0.2, 0) is 0 Å². The maximum Gasteiger partial charge on any atom is 0.167 e. The van der Waals surface area contributed by atoms with Crippen LogP contribution in [0.4, 0.5) is 15.8 Å². The van der Waals surface area contributed by atoms with E-state index in [2.05, 4.69) is 26.1 Å². The highest BCUT2D eigenvalue weighted by Gasteiger charge is 2.15. The molecule has 4 heteroatoms. The molecular weight excluding hydrogens is 243 g/mol. The predicted molar refractivity (Wildman–Crippen MR) is 79.1 cm³/mol. The Hall–Kier alpha value is -1.45. The average molecular weight is 268 g/mol. The van der Waals surface area contributed by atoms with Gasteiger partial charge in [0.05, 0.1) is 17.5 Å². The van der Waals surface area contributed by atoms with Gasteiger partial charge in [-0.2, -0.15) is 0 Å². The van der Waals surface area contributed by atoms with Crippen LogP contribution in [0.3, 0.4) is 0 Å². The van der Waals surface area contributed by atoms with Crippen molar-refractivity contribution >= 4 is 11.4 Å². The van der Waals surface area contributed by atoms with Gasteiger partial charge in [0.1, 0.15) is 0 Å². The standard InChI is InChI=1S/C15H25FN2O/c1-6-13(9(2)3)18-14-8-15(19-10(4)5)11(16)7-12(14)17/h7-10,13,18H,6,17H2,1-5H3. The van der Waals surface area contributed by atoms with E-state index in [4.69, 9.17) is 10.5 Å². The third-order valence-corrected chi connectivity index (χ3v) is 3.05. The highest BCUT2D eigenvalue weighted by molar-refractivity contribution is 5.69. The maximum atomic E-state index is 13.7. The molecule has 0 bridgehead atoms. The summed E-state index contributed by atoms with van der Waals surface area (Å²) in [5, 5.41) is 3.37. The molecule has 0 saturated carbocycles. The van der Waals surface area contributed by atoms with E-state index < -0.39 is 5.82 Å². The number of nitrogens with one attached hydrogen (secondary N) is 1. The SMILES string of the molecule is CCC(Nc1cc(OC(C)C)c(F)cc1N)C(C)C. The molecule has 0 spiro atoms. The number of hydrogen-bond donors (Lipinski definition) is 2. The number of nitrogen functional groups attached to an aromatic ring is 1. The van der Waals surface area contributed by atoms with Crippen LogP contribution in [0.15, 0.2) is 12.1 Å². The topological polar surface area (TPSA) is 47.3 Å². The Morgan fingerprint density at radius 1 is 1.26 bits per heavy atom. The lowest BCUT2D eigenvalue weighted by Crippen LogP contribution is -2.25. The van der Waals surface area contributed by atoms with Crippen molar-refractivity contribution < 1.29 is 9.13 Å². The summed E-state index contributed by atoms with van der Waals surface area (Å²) in [7, 11) is 0. The van der Waals surface area contributed by atoms with Gasteiger partial charge in [-0.15, -0.1) is 0 Å². The lowest BCUT2D eigenvalue weighted by atomic mass is 10.0. The quantitative estimate of drug-likeness (QED) is 0.765. The third-order valence-electron chi connectivity index (χ3n) is 3.05. The fourth-order valence-electron chi connectivity index (χ4n) is 1.98. The second-order valence-electron chi connectivity index (χ2n) is 5.44. The van der Waals surface area contributed by atoms with Crippen molar-refractivity contribution in [1.82, 2.24) is 0 Å². The molecule has 1 aromatic rings. The van der Waals surface area contributed by atoms with Crippen molar-refractivity contribution in [2.45, 2.75) is 53.2 Å². The van der Waals surface area contributed by atoms with Crippen molar-refractivity contribution in [1.29, 1.82) is 0 Å². The van der Waals surface area contributed by atoms with Crippen molar-refractivity contribution in [3.63, 3.8) is 0 Å². The molecule has 3 nitrogen and oxygen atoms in total. The minimum atomic E-state index is -0.422.